The van der Waals surface area contributed by atoms with Crippen LogP contribution >= 0.6 is 0 Å². The Morgan fingerprint density at radius 3 is 2.17 bits per heavy atom. The van der Waals surface area contributed by atoms with Gasteiger partial charge in [-0.2, -0.15) is 0 Å². The Bertz CT molecular complexity index is 1120. The first-order chi connectivity index (χ1) is 16.9. The molecule has 36 heavy (non-hydrogen) atoms. The Morgan fingerprint density at radius 2 is 1.58 bits per heavy atom. The fraction of sp³-hybridized carbons (Fsp3) is 0.435. The average molecular weight is 505 g/mol. The molecule has 0 bridgehead atoms. The number of nitrogens with one attached hydrogen (secondary N) is 4. The van der Waals surface area contributed by atoms with Crippen LogP contribution in [0.2, 0.25) is 0 Å². The second kappa shape index (κ2) is 12.7. The van der Waals surface area contributed by atoms with E-state index in [9.17, 15) is 34.2 Å². The number of aliphatic hydroxyl groups is 1. The third-order valence-electron chi connectivity index (χ3n) is 5.54. The van der Waals surface area contributed by atoms with Crippen LogP contribution < -0.4 is 27.4 Å². The molecule has 1 heterocycles. The number of aliphatic carboxylic acids is 1. The van der Waals surface area contributed by atoms with Gasteiger partial charge in [0.25, 0.3) is 0 Å². The lowest BCUT2D eigenvalue weighted by Gasteiger charge is -2.24. The van der Waals surface area contributed by atoms with Crippen molar-refractivity contribution in [1.29, 1.82) is 0 Å². The maximum Gasteiger partial charge on any atom is 0.326 e. The highest BCUT2D eigenvalue weighted by Crippen LogP contribution is 2.18. The number of primary amides is 1. The van der Waals surface area contributed by atoms with Crippen molar-refractivity contribution in [3.63, 3.8) is 0 Å². The molecule has 0 saturated carbocycles. The van der Waals surface area contributed by atoms with Gasteiger partial charge in [-0.25, -0.2) is 4.79 Å². The van der Waals surface area contributed by atoms with Crippen LogP contribution in [0.5, 0.6) is 0 Å². The summed E-state index contributed by atoms with van der Waals surface area (Å²) in [6.45, 7) is 2.28. The van der Waals surface area contributed by atoms with Crippen molar-refractivity contribution in [2.75, 3.05) is 6.61 Å². The number of carbonyl (C=O) groups excluding carboxylic acids is 4. The van der Waals surface area contributed by atoms with E-state index in [0.29, 0.717) is 0 Å². The van der Waals surface area contributed by atoms with E-state index >= 15 is 0 Å². The predicted molar refractivity (Wildman–Crippen MR) is 129 cm³/mol. The van der Waals surface area contributed by atoms with Crippen molar-refractivity contribution in [1.82, 2.24) is 20.9 Å². The monoisotopic (exact) mass is 504 g/mol. The first-order valence-corrected chi connectivity index (χ1v) is 11.3. The van der Waals surface area contributed by atoms with E-state index in [2.05, 4.69) is 20.9 Å². The van der Waals surface area contributed by atoms with Gasteiger partial charge in [0.2, 0.25) is 23.6 Å². The number of carbonyl (C=O) groups is 5. The van der Waals surface area contributed by atoms with Crippen LogP contribution in [0.3, 0.4) is 0 Å². The van der Waals surface area contributed by atoms with Gasteiger partial charge in [0.15, 0.2) is 0 Å². The number of carboxylic acid groups (broad SMARTS) is 1. The fourth-order valence-corrected chi connectivity index (χ4v) is 3.55. The van der Waals surface area contributed by atoms with Crippen LogP contribution in [-0.4, -0.2) is 75.6 Å². The normalized spacial score (nSPS) is 14.5. The van der Waals surface area contributed by atoms with Crippen molar-refractivity contribution in [3.05, 3.63) is 36.0 Å². The van der Waals surface area contributed by atoms with E-state index in [-0.39, 0.29) is 6.42 Å². The highest BCUT2D eigenvalue weighted by molar-refractivity contribution is 5.96. The molecule has 0 fully saturated rings. The Morgan fingerprint density at radius 1 is 0.972 bits per heavy atom. The zero-order chi connectivity index (χ0) is 27.0. The zero-order valence-electron chi connectivity index (χ0n) is 20.0. The molecule has 2 rings (SSSR count). The zero-order valence-corrected chi connectivity index (χ0v) is 20.0. The number of rotatable bonds is 13. The molecule has 0 spiro atoms. The molecule has 2 aromatic rings. The van der Waals surface area contributed by atoms with Gasteiger partial charge in [-0.1, -0.05) is 32.0 Å². The molecule has 0 saturated heterocycles. The highest BCUT2D eigenvalue weighted by Gasteiger charge is 2.31. The maximum absolute atomic E-state index is 12.8. The number of benzene rings is 1. The van der Waals surface area contributed by atoms with E-state index in [0.717, 1.165) is 16.5 Å². The largest absolute Gasteiger partial charge is 0.480 e. The molecule has 4 amide bonds. The van der Waals surface area contributed by atoms with Gasteiger partial charge in [-0.15, -0.1) is 0 Å². The van der Waals surface area contributed by atoms with Crippen LogP contribution in [0.15, 0.2) is 30.5 Å². The first-order valence-electron chi connectivity index (χ1n) is 11.3. The van der Waals surface area contributed by atoms with E-state index in [1.165, 1.54) is 0 Å². The van der Waals surface area contributed by atoms with Gasteiger partial charge < -0.3 is 42.6 Å². The minimum Gasteiger partial charge on any atom is -0.480 e. The van der Waals surface area contributed by atoms with Gasteiger partial charge in [-0.3, -0.25) is 19.2 Å². The number of nitrogens with two attached hydrogens (primary N) is 2. The van der Waals surface area contributed by atoms with Crippen molar-refractivity contribution in [2.45, 2.75) is 50.9 Å². The first kappa shape index (κ1) is 28.3. The quantitative estimate of drug-likeness (QED) is 0.153. The van der Waals surface area contributed by atoms with E-state index in [1.54, 1.807) is 20.0 Å². The molecule has 1 aromatic heterocycles. The summed E-state index contributed by atoms with van der Waals surface area (Å²) in [5, 5.41) is 26.5. The summed E-state index contributed by atoms with van der Waals surface area (Å²) in [5.41, 5.74) is 12.9. The average Bonchev–Trinajstić information content (AvgIpc) is 3.22. The van der Waals surface area contributed by atoms with Crippen molar-refractivity contribution >= 4 is 40.5 Å². The summed E-state index contributed by atoms with van der Waals surface area (Å²) in [6.07, 6.45) is 1.26. The molecule has 0 aliphatic heterocycles. The Balaban J connectivity index is 2.07. The summed E-state index contributed by atoms with van der Waals surface area (Å²) in [4.78, 5) is 63.8. The molecular formula is C23H32N6O7. The third kappa shape index (κ3) is 7.52. The van der Waals surface area contributed by atoms with Crippen LogP contribution in [0.25, 0.3) is 10.9 Å². The smallest absolute Gasteiger partial charge is 0.326 e. The molecule has 0 aliphatic carbocycles. The maximum atomic E-state index is 12.8. The molecule has 0 aliphatic rings. The minimum atomic E-state index is -1.54. The molecule has 4 unspecified atom stereocenters. The Labute approximate surface area is 207 Å². The standard InChI is InChI=1S/C23H32N6O7/c1-11(2)19(23(35)36)29-22(34)17(10-30)28-21(33)16(8-18(25)31)27-20(32)14(24)7-12-9-26-15-6-4-3-5-13(12)15/h3-6,9,11,14,16-17,19,26,30H,7-8,10,24H2,1-2H3,(H2,25,31)(H,27,32)(H,28,33)(H,29,34)(H,35,36). The number of fused-ring (bicyclic) bond motifs is 1. The van der Waals surface area contributed by atoms with E-state index in [1.807, 2.05) is 24.3 Å². The Hall–Kier alpha value is -3.97. The SMILES string of the molecule is CC(C)C(NC(=O)C(CO)NC(=O)C(CC(N)=O)NC(=O)C(N)Cc1c[nH]c2ccccc12)C(=O)O. The second-order valence-corrected chi connectivity index (χ2v) is 8.71. The lowest BCUT2D eigenvalue weighted by Crippen LogP contribution is -2.59. The van der Waals surface area contributed by atoms with Gasteiger partial charge in [0.1, 0.15) is 18.1 Å². The molecule has 1 aromatic carbocycles. The lowest BCUT2D eigenvalue weighted by atomic mass is 10.0. The summed E-state index contributed by atoms with van der Waals surface area (Å²) in [6, 6.07) is 2.07. The molecule has 13 heteroatoms. The summed E-state index contributed by atoms with van der Waals surface area (Å²) in [5.74, 6) is -5.33. The number of hydrogen-bond acceptors (Lipinski definition) is 7. The number of aromatic amines is 1. The predicted octanol–water partition coefficient (Wildman–Crippen LogP) is -1.90. The van der Waals surface area contributed by atoms with Gasteiger partial charge in [0, 0.05) is 17.1 Å². The van der Waals surface area contributed by atoms with Crippen molar-refractivity contribution < 1.29 is 34.2 Å². The molecule has 13 nitrogen and oxygen atoms in total. The number of H-pyrrole nitrogens is 1. The number of aromatic nitrogens is 1. The summed E-state index contributed by atoms with van der Waals surface area (Å²) < 4.78 is 0. The number of aliphatic hydroxyl groups excluding tert-OH is 1. The highest BCUT2D eigenvalue weighted by atomic mass is 16.4. The van der Waals surface area contributed by atoms with Gasteiger partial charge in [0.05, 0.1) is 19.1 Å². The number of hydrogen-bond donors (Lipinski definition) is 8. The van der Waals surface area contributed by atoms with Crippen LogP contribution in [0.4, 0.5) is 0 Å². The molecular weight excluding hydrogens is 472 g/mol. The van der Waals surface area contributed by atoms with Crippen molar-refractivity contribution in [3.8, 4) is 0 Å². The van der Waals surface area contributed by atoms with Crippen LogP contribution in [0.1, 0.15) is 25.8 Å². The van der Waals surface area contributed by atoms with E-state index in [4.69, 9.17) is 11.5 Å². The molecule has 4 atom stereocenters. The van der Waals surface area contributed by atoms with Crippen molar-refractivity contribution in [2.24, 2.45) is 17.4 Å². The fourth-order valence-electron chi connectivity index (χ4n) is 3.55. The molecule has 10 N–H and O–H groups in total. The number of amides is 4. The summed E-state index contributed by atoms with van der Waals surface area (Å²) in [7, 11) is 0. The second-order valence-electron chi connectivity index (χ2n) is 8.71. The topological polar surface area (TPSA) is 230 Å². The van der Waals surface area contributed by atoms with E-state index < -0.39 is 72.7 Å². The minimum absolute atomic E-state index is 0.133. The number of para-hydroxylation sites is 1. The third-order valence-corrected chi connectivity index (χ3v) is 5.54. The van der Waals surface area contributed by atoms with Crippen LogP contribution in [0, 0.1) is 5.92 Å². The summed E-state index contributed by atoms with van der Waals surface area (Å²) >= 11 is 0. The Kier molecular flexibility index (Phi) is 9.93. The van der Waals surface area contributed by atoms with Crippen LogP contribution in [-0.2, 0) is 30.4 Å². The molecule has 0 radical (unpaired) electrons. The lowest BCUT2D eigenvalue weighted by molar-refractivity contribution is -0.144. The molecule has 196 valence electrons. The van der Waals surface area contributed by atoms with Gasteiger partial charge >= 0.3 is 5.97 Å². The van der Waals surface area contributed by atoms with Gasteiger partial charge in [-0.05, 0) is 24.0 Å². The number of carboxylic acids is 1.